The highest BCUT2D eigenvalue weighted by Crippen LogP contribution is 2.64. The molecule has 0 aliphatic carbocycles. The number of hydrogen-bond acceptors (Lipinski definition) is 4. The van der Waals surface area contributed by atoms with E-state index in [9.17, 15) is 8.96 Å². The van der Waals surface area contributed by atoms with Crippen LogP contribution in [-0.4, -0.2) is 13.2 Å². The fourth-order valence-electron chi connectivity index (χ4n) is 3.36. The van der Waals surface area contributed by atoms with E-state index in [1.807, 2.05) is 31.2 Å². The van der Waals surface area contributed by atoms with Gasteiger partial charge in [0.2, 0.25) is 0 Å². The number of hydrogen-bond donors (Lipinski definition) is 0. The molecule has 156 valence electrons. The minimum absolute atomic E-state index is 0.0499. The van der Waals surface area contributed by atoms with E-state index in [0.29, 0.717) is 10.6 Å². The molecule has 0 spiro atoms. The lowest BCUT2D eigenvalue weighted by Crippen LogP contribution is -2.10. The molecule has 0 bridgehead atoms. The maximum absolute atomic E-state index is 14.1. The molecule has 0 saturated carbocycles. The van der Waals surface area contributed by atoms with E-state index in [2.05, 4.69) is 0 Å². The smallest absolute Gasteiger partial charge is 0.308 e. The summed E-state index contributed by atoms with van der Waals surface area (Å²) < 4.78 is 40.4. The fraction of sp³-hybridized carbons (Fsp3) is 0.333. The Morgan fingerprint density at radius 2 is 1.76 bits per heavy atom. The summed E-state index contributed by atoms with van der Waals surface area (Å²) >= 11 is 13.7. The van der Waals surface area contributed by atoms with Crippen molar-refractivity contribution in [2.45, 2.75) is 32.9 Å². The Hall–Kier alpha value is -0.940. The molecule has 3 rings (SSSR count). The van der Waals surface area contributed by atoms with Gasteiger partial charge in [-0.15, -0.1) is 11.3 Å². The number of thiophene rings is 1. The number of halogens is 3. The van der Waals surface area contributed by atoms with Crippen LogP contribution < -0.4 is 0 Å². The van der Waals surface area contributed by atoms with Crippen LogP contribution in [0.2, 0.25) is 10.0 Å². The van der Waals surface area contributed by atoms with Gasteiger partial charge in [-0.2, -0.15) is 0 Å². The van der Waals surface area contributed by atoms with Crippen molar-refractivity contribution >= 4 is 52.2 Å². The Kier molecular flexibility index (Phi) is 7.42. The molecule has 0 N–H and O–H groups in total. The van der Waals surface area contributed by atoms with E-state index in [1.165, 1.54) is 12.1 Å². The van der Waals surface area contributed by atoms with Crippen molar-refractivity contribution in [2.75, 3.05) is 13.2 Å². The highest BCUT2D eigenvalue weighted by molar-refractivity contribution is 7.54. The van der Waals surface area contributed by atoms with Crippen molar-refractivity contribution in [3.63, 3.8) is 0 Å². The summed E-state index contributed by atoms with van der Waals surface area (Å²) in [5, 5.41) is 1.36. The molecule has 0 aliphatic heterocycles. The first kappa shape index (κ1) is 22.7. The Morgan fingerprint density at radius 1 is 1.10 bits per heavy atom. The van der Waals surface area contributed by atoms with Crippen LogP contribution in [0.4, 0.5) is 4.39 Å². The highest BCUT2D eigenvalue weighted by atomic mass is 35.5. The van der Waals surface area contributed by atoms with Gasteiger partial charge in [-0.3, -0.25) is 4.57 Å². The molecule has 0 amide bonds. The van der Waals surface area contributed by atoms with Crippen LogP contribution >= 0.6 is 42.1 Å². The third-order valence-corrected chi connectivity index (χ3v) is 9.33. The summed E-state index contributed by atoms with van der Waals surface area (Å²) in [6.45, 7) is 6.01. The van der Waals surface area contributed by atoms with Crippen molar-refractivity contribution in [3.8, 4) is 0 Å². The van der Waals surface area contributed by atoms with Gasteiger partial charge < -0.3 is 9.05 Å². The van der Waals surface area contributed by atoms with E-state index in [0.717, 1.165) is 20.5 Å². The summed E-state index contributed by atoms with van der Waals surface area (Å²) in [4.78, 5) is 0.892. The lowest BCUT2D eigenvalue weighted by atomic mass is 10.0. The van der Waals surface area contributed by atoms with Crippen LogP contribution in [0.15, 0.2) is 36.4 Å². The predicted octanol–water partition coefficient (Wildman–Crippen LogP) is 8.21. The number of aryl methyl sites for hydroxylation is 1. The van der Waals surface area contributed by atoms with E-state index in [-0.39, 0.29) is 24.7 Å². The quantitative estimate of drug-likeness (QED) is 0.243. The molecule has 1 heterocycles. The van der Waals surface area contributed by atoms with Gasteiger partial charge in [0.1, 0.15) is 5.82 Å². The Bertz CT molecular complexity index is 1060. The molecular weight excluding hydrogens is 453 g/mol. The predicted molar refractivity (Wildman–Crippen MR) is 120 cm³/mol. The molecule has 0 fully saturated rings. The first-order valence-corrected chi connectivity index (χ1v) is 12.5. The number of benzene rings is 2. The molecule has 3 aromatic rings. The summed E-state index contributed by atoms with van der Waals surface area (Å²) in [6.07, 6.45) is 0.206. The van der Waals surface area contributed by atoms with Crippen molar-refractivity contribution in [2.24, 2.45) is 0 Å². The normalized spacial score (nSPS) is 13.2. The molecule has 0 radical (unpaired) electrons. The van der Waals surface area contributed by atoms with Crippen molar-refractivity contribution in [1.82, 2.24) is 0 Å². The molecule has 2 aromatic carbocycles. The second-order valence-corrected chi connectivity index (χ2v) is 10.7. The zero-order chi connectivity index (χ0) is 21.2. The Labute approximate surface area is 184 Å². The standard InChI is InChI=1S/C21H22Cl2FO3PS/c1-4-26-28(25,27-5-2)19(11-14-10-18(24)17(23)12-16(14)22)21-13(3)15-8-6-7-9-20(15)29-21/h6-10,12,19H,4-5,11H2,1-3H3. The second-order valence-electron chi connectivity index (χ2n) is 6.54. The number of rotatable bonds is 8. The SMILES string of the molecule is CCOP(=O)(OCC)C(Cc1cc(F)c(Cl)cc1Cl)c1sc2ccccc2c1C. The molecule has 29 heavy (non-hydrogen) atoms. The van der Waals surface area contributed by atoms with E-state index in [4.69, 9.17) is 32.2 Å². The number of fused-ring (bicyclic) bond motifs is 1. The molecule has 0 aliphatic rings. The van der Waals surface area contributed by atoms with Crippen LogP contribution in [0.1, 0.15) is 35.5 Å². The van der Waals surface area contributed by atoms with Crippen LogP contribution in [0, 0.1) is 12.7 Å². The topological polar surface area (TPSA) is 35.5 Å². The summed E-state index contributed by atoms with van der Waals surface area (Å²) in [5.74, 6) is -0.569. The fourth-order valence-corrected chi connectivity index (χ4v) is 7.62. The Balaban J connectivity index is 2.17. The average Bonchev–Trinajstić information content (AvgIpc) is 3.00. The van der Waals surface area contributed by atoms with Gasteiger partial charge in [0, 0.05) is 14.6 Å². The molecular formula is C21H22Cl2FO3PS. The van der Waals surface area contributed by atoms with Crippen LogP contribution in [-0.2, 0) is 20.0 Å². The van der Waals surface area contributed by atoms with Crippen molar-refractivity contribution < 1.29 is 18.0 Å². The molecule has 3 nitrogen and oxygen atoms in total. The van der Waals surface area contributed by atoms with Crippen molar-refractivity contribution in [1.29, 1.82) is 0 Å². The maximum Gasteiger partial charge on any atom is 0.339 e. The van der Waals surface area contributed by atoms with Gasteiger partial charge in [-0.25, -0.2) is 4.39 Å². The summed E-state index contributed by atoms with van der Waals surface area (Å²) in [5.41, 5.74) is 0.911. The molecule has 1 aromatic heterocycles. The molecule has 0 saturated heterocycles. The second kappa shape index (κ2) is 9.47. The largest absolute Gasteiger partial charge is 0.339 e. The molecule has 1 unspecified atom stereocenters. The third-order valence-electron chi connectivity index (χ3n) is 4.69. The summed E-state index contributed by atoms with van der Waals surface area (Å²) in [6, 6.07) is 10.7. The van der Waals surface area contributed by atoms with Crippen LogP contribution in [0.5, 0.6) is 0 Å². The van der Waals surface area contributed by atoms with E-state index >= 15 is 0 Å². The average molecular weight is 475 g/mol. The lowest BCUT2D eigenvalue weighted by Gasteiger charge is -2.27. The van der Waals surface area contributed by atoms with Gasteiger partial charge in [0.05, 0.1) is 23.9 Å². The van der Waals surface area contributed by atoms with Gasteiger partial charge in [-0.05, 0) is 61.9 Å². The zero-order valence-corrected chi connectivity index (χ0v) is 19.6. The summed E-state index contributed by atoms with van der Waals surface area (Å²) in [7, 11) is -3.55. The highest BCUT2D eigenvalue weighted by Gasteiger charge is 2.39. The molecule has 1 atom stereocenters. The maximum atomic E-state index is 14.1. The van der Waals surface area contributed by atoms with Crippen molar-refractivity contribution in [3.05, 3.63) is 68.3 Å². The zero-order valence-electron chi connectivity index (χ0n) is 16.4. The Morgan fingerprint density at radius 3 is 2.38 bits per heavy atom. The minimum Gasteiger partial charge on any atom is -0.308 e. The van der Waals surface area contributed by atoms with Gasteiger partial charge in [0.15, 0.2) is 0 Å². The van der Waals surface area contributed by atoms with Gasteiger partial charge >= 0.3 is 7.60 Å². The van der Waals surface area contributed by atoms with Gasteiger partial charge in [0.25, 0.3) is 0 Å². The van der Waals surface area contributed by atoms with E-state index < -0.39 is 19.1 Å². The monoisotopic (exact) mass is 474 g/mol. The first-order valence-electron chi connectivity index (χ1n) is 9.31. The lowest BCUT2D eigenvalue weighted by molar-refractivity contribution is 0.212. The van der Waals surface area contributed by atoms with Gasteiger partial charge in [-0.1, -0.05) is 41.4 Å². The molecule has 8 heteroatoms. The minimum atomic E-state index is -3.55. The van der Waals surface area contributed by atoms with E-state index in [1.54, 1.807) is 25.2 Å². The third kappa shape index (κ3) is 4.71. The first-order chi connectivity index (χ1) is 13.8. The van der Waals surface area contributed by atoms with Crippen LogP contribution in [0.25, 0.3) is 10.1 Å². The van der Waals surface area contributed by atoms with Crippen LogP contribution in [0.3, 0.4) is 0 Å².